The lowest BCUT2D eigenvalue weighted by molar-refractivity contribution is 0.463. The van der Waals surface area contributed by atoms with E-state index in [4.69, 9.17) is 4.74 Å². The van der Waals surface area contributed by atoms with Gasteiger partial charge in [-0.2, -0.15) is 0 Å². The topological polar surface area (TPSA) is 59.5 Å². The minimum absolute atomic E-state index is 0.113. The van der Waals surface area contributed by atoms with E-state index in [-0.39, 0.29) is 4.90 Å². The van der Waals surface area contributed by atoms with E-state index in [1.807, 2.05) is 72.8 Å². The second-order valence-corrected chi connectivity index (χ2v) is 8.66. The minimum atomic E-state index is -3.73. The summed E-state index contributed by atoms with van der Waals surface area (Å²) < 4.78 is 33.6. The first-order valence-electron chi connectivity index (χ1n) is 9.96. The standard InChI is InChI=1S/C25H22N2O3S/c1-2-27(21-13-7-4-8-14-21)31(28,29)22-17-18-25(26-19-22)30-24-16-10-9-15-23(24)20-11-5-3-6-12-20/h3-19H,2H2,1H3. The summed E-state index contributed by atoms with van der Waals surface area (Å²) >= 11 is 0. The molecule has 0 aliphatic carbocycles. The van der Waals surface area contributed by atoms with Crippen molar-refractivity contribution in [1.82, 2.24) is 4.98 Å². The number of sulfonamides is 1. The van der Waals surface area contributed by atoms with Crippen molar-refractivity contribution in [2.75, 3.05) is 10.8 Å². The van der Waals surface area contributed by atoms with Gasteiger partial charge in [0.05, 0.1) is 11.9 Å². The summed E-state index contributed by atoms with van der Waals surface area (Å²) in [7, 11) is -3.73. The number of anilines is 1. The number of pyridine rings is 1. The number of para-hydroxylation sites is 2. The third-order valence-electron chi connectivity index (χ3n) is 4.81. The van der Waals surface area contributed by atoms with Gasteiger partial charge in [0.1, 0.15) is 10.6 Å². The maximum absolute atomic E-state index is 13.1. The summed E-state index contributed by atoms with van der Waals surface area (Å²) in [6.45, 7) is 2.12. The summed E-state index contributed by atoms with van der Waals surface area (Å²) in [6.07, 6.45) is 1.33. The molecule has 0 unspecified atom stereocenters. The molecule has 0 amide bonds. The molecule has 3 aromatic carbocycles. The third-order valence-corrected chi connectivity index (χ3v) is 6.70. The largest absolute Gasteiger partial charge is 0.438 e. The van der Waals surface area contributed by atoms with Crippen molar-refractivity contribution < 1.29 is 13.2 Å². The molecule has 4 rings (SSSR count). The minimum Gasteiger partial charge on any atom is -0.438 e. The summed E-state index contributed by atoms with van der Waals surface area (Å²) in [5.74, 6) is 0.973. The fourth-order valence-electron chi connectivity index (χ4n) is 3.32. The molecular weight excluding hydrogens is 408 g/mol. The van der Waals surface area contributed by atoms with Crippen LogP contribution in [0.4, 0.5) is 5.69 Å². The zero-order valence-electron chi connectivity index (χ0n) is 17.0. The van der Waals surface area contributed by atoms with Gasteiger partial charge in [0.25, 0.3) is 10.0 Å². The molecule has 0 saturated heterocycles. The van der Waals surface area contributed by atoms with Gasteiger partial charge in [-0.15, -0.1) is 0 Å². The van der Waals surface area contributed by atoms with Crippen LogP contribution in [0.2, 0.25) is 0 Å². The van der Waals surface area contributed by atoms with Gasteiger partial charge in [0.2, 0.25) is 5.88 Å². The molecule has 0 saturated carbocycles. The van der Waals surface area contributed by atoms with Gasteiger partial charge in [0, 0.05) is 18.2 Å². The lowest BCUT2D eigenvalue weighted by Crippen LogP contribution is -2.30. The molecular formula is C25H22N2O3S. The molecule has 0 atom stereocenters. The van der Waals surface area contributed by atoms with Gasteiger partial charge in [-0.05, 0) is 36.8 Å². The first-order valence-corrected chi connectivity index (χ1v) is 11.4. The van der Waals surface area contributed by atoms with Gasteiger partial charge < -0.3 is 4.74 Å². The van der Waals surface area contributed by atoms with Crippen LogP contribution in [-0.4, -0.2) is 19.9 Å². The Morgan fingerprint density at radius 1 is 0.806 bits per heavy atom. The predicted octanol–water partition coefficient (Wildman–Crippen LogP) is 5.76. The highest BCUT2D eigenvalue weighted by Crippen LogP contribution is 2.33. The Labute approximate surface area is 182 Å². The molecule has 0 bridgehead atoms. The van der Waals surface area contributed by atoms with Gasteiger partial charge >= 0.3 is 0 Å². The SMILES string of the molecule is CCN(c1ccccc1)S(=O)(=O)c1ccc(Oc2ccccc2-c2ccccc2)nc1. The van der Waals surface area contributed by atoms with Crippen LogP contribution < -0.4 is 9.04 Å². The van der Waals surface area contributed by atoms with Crippen LogP contribution in [0.25, 0.3) is 11.1 Å². The van der Waals surface area contributed by atoms with E-state index in [9.17, 15) is 8.42 Å². The van der Waals surface area contributed by atoms with Crippen LogP contribution in [0.5, 0.6) is 11.6 Å². The Bertz CT molecular complexity index is 1240. The number of hydrogen-bond acceptors (Lipinski definition) is 4. The van der Waals surface area contributed by atoms with Crippen LogP contribution in [0, 0.1) is 0 Å². The third kappa shape index (κ3) is 4.44. The Hall–Kier alpha value is -3.64. The van der Waals surface area contributed by atoms with Crippen molar-refractivity contribution in [3.63, 3.8) is 0 Å². The fourth-order valence-corrected chi connectivity index (χ4v) is 4.74. The van der Waals surface area contributed by atoms with Crippen molar-refractivity contribution >= 4 is 15.7 Å². The van der Waals surface area contributed by atoms with E-state index >= 15 is 0 Å². The molecule has 1 aromatic heterocycles. The molecule has 0 radical (unpaired) electrons. The molecule has 4 aromatic rings. The number of nitrogens with zero attached hydrogens (tertiary/aromatic N) is 2. The first kappa shape index (κ1) is 20.6. The van der Waals surface area contributed by atoms with E-state index in [1.165, 1.54) is 16.6 Å². The predicted molar refractivity (Wildman–Crippen MR) is 123 cm³/mol. The summed E-state index contributed by atoms with van der Waals surface area (Å²) in [5.41, 5.74) is 2.57. The van der Waals surface area contributed by atoms with E-state index in [0.29, 0.717) is 23.9 Å². The molecule has 0 spiro atoms. The smallest absolute Gasteiger partial charge is 0.265 e. The molecule has 1 heterocycles. The molecule has 0 N–H and O–H groups in total. The average molecular weight is 431 g/mol. The molecule has 5 nitrogen and oxygen atoms in total. The van der Waals surface area contributed by atoms with Crippen molar-refractivity contribution in [1.29, 1.82) is 0 Å². The lowest BCUT2D eigenvalue weighted by Gasteiger charge is -2.22. The number of ether oxygens (including phenoxy) is 1. The van der Waals surface area contributed by atoms with Crippen molar-refractivity contribution in [3.05, 3.63) is 103 Å². The van der Waals surface area contributed by atoms with Crippen molar-refractivity contribution in [2.24, 2.45) is 0 Å². The van der Waals surface area contributed by atoms with Gasteiger partial charge in [-0.1, -0.05) is 66.7 Å². The Balaban J connectivity index is 1.60. The summed E-state index contributed by atoms with van der Waals surface area (Å²) in [6, 6.07) is 29.7. The van der Waals surface area contributed by atoms with Gasteiger partial charge in [-0.25, -0.2) is 13.4 Å². The highest BCUT2D eigenvalue weighted by atomic mass is 32.2. The summed E-state index contributed by atoms with van der Waals surface area (Å²) in [4.78, 5) is 4.37. The Morgan fingerprint density at radius 2 is 1.45 bits per heavy atom. The number of hydrogen-bond donors (Lipinski definition) is 0. The quantitative estimate of drug-likeness (QED) is 0.374. The van der Waals surface area contributed by atoms with Crippen molar-refractivity contribution in [3.8, 4) is 22.8 Å². The maximum atomic E-state index is 13.1. The lowest BCUT2D eigenvalue weighted by atomic mass is 10.1. The molecule has 31 heavy (non-hydrogen) atoms. The van der Waals surface area contributed by atoms with Crippen molar-refractivity contribution in [2.45, 2.75) is 11.8 Å². The van der Waals surface area contributed by atoms with E-state index in [1.54, 1.807) is 25.1 Å². The van der Waals surface area contributed by atoms with Gasteiger partial charge in [-0.3, -0.25) is 4.31 Å². The molecule has 0 fully saturated rings. The zero-order valence-corrected chi connectivity index (χ0v) is 17.9. The monoisotopic (exact) mass is 430 g/mol. The maximum Gasteiger partial charge on any atom is 0.265 e. The number of aromatic nitrogens is 1. The highest BCUT2D eigenvalue weighted by molar-refractivity contribution is 7.92. The van der Waals surface area contributed by atoms with Crippen LogP contribution in [0.3, 0.4) is 0 Å². The zero-order chi connectivity index (χ0) is 21.7. The molecule has 156 valence electrons. The Morgan fingerprint density at radius 3 is 2.10 bits per heavy atom. The Kier molecular flexibility index (Phi) is 6.00. The number of rotatable bonds is 7. The summed E-state index contributed by atoms with van der Waals surface area (Å²) in [5, 5.41) is 0. The van der Waals surface area contributed by atoms with Crippen LogP contribution in [0.1, 0.15) is 6.92 Å². The number of benzene rings is 3. The normalized spacial score (nSPS) is 11.1. The van der Waals surface area contributed by atoms with Crippen LogP contribution in [0.15, 0.2) is 108 Å². The first-order chi connectivity index (χ1) is 15.1. The average Bonchev–Trinajstić information content (AvgIpc) is 2.81. The molecule has 6 heteroatoms. The highest BCUT2D eigenvalue weighted by Gasteiger charge is 2.24. The molecule has 0 aliphatic heterocycles. The van der Waals surface area contributed by atoms with Gasteiger partial charge in [0.15, 0.2) is 0 Å². The second kappa shape index (κ2) is 9.02. The fraction of sp³-hybridized carbons (Fsp3) is 0.0800. The molecule has 0 aliphatic rings. The van der Waals surface area contributed by atoms with Crippen LogP contribution >= 0.6 is 0 Å². The van der Waals surface area contributed by atoms with E-state index < -0.39 is 10.0 Å². The van der Waals surface area contributed by atoms with Crippen LogP contribution in [-0.2, 0) is 10.0 Å². The van der Waals surface area contributed by atoms with E-state index in [2.05, 4.69) is 4.98 Å². The van der Waals surface area contributed by atoms with E-state index in [0.717, 1.165) is 11.1 Å². The second-order valence-electron chi connectivity index (χ2n) is 6.80.